The van der Waals surface area contributed by atoms with Crippen LogP contribution in [-0.2, 0) is 14.3 Å². The van der Waals surface area contributed by atoms with Gasteiger partial charge in [-0.2, -0.15) is 0 Å². The molecule has 9 nitrogen and oxygen atoms in total. The highest BCUT2D eigenvalue weighted by molar-refractivity contribution is 7.99. The van der Waals surface area contributed by atoms with Crippen molar-refractivity contribution in [2.45, 2.75) is 9.79 Å². The molecule has 0 atom stereocenters. The lowest BCUT2D eigenvalue weighted by Crippen LogP contribution is -2.21. The number of esters is 2. The van der Waals surface area contributed by atoms with E-state index in [1.165, 1.54) is 11.8 Å². The van der Waals surface area contributed by atoms with E-state index in [2.05, 4.69) is 10.1 Å². The number of nitrogens with one attached hydrogen (secondary N) is 1. The fourth-order valence-corrected chi connectivity index (χ4v) is 3.67. The van der Waals surface area contributed by atoms with Gasteiger partial charge in [-0.05, 0) is 30.3 Å². The van der Waals surface area contributed by atoms with Gasteiger partial charge >= 0.3 is 11.9 Å². The van der Waals surface area contributed by atoms with Crippen molar-refractivity contribution in [1.29, 1.82) is 0 Å². The Bertz CT molecular complexity index is 1200. The predicted molar refractivity (Wildman–Crippen MR) is 120 cm³/mol. The molecule has 0 saturated heterocycles. The topological polar surface area (TPSA) is 125 Å². The monoisotopic (exact) mass is 466 g/mol. The van der Waals surface area contributed by atoms with Crippen LogP contribution < -0.4 is 5.32 Å². The average Bonchev–Trinajstić information content (AvgIpc) is 2.83. The number of nitrogens with zero attached hydrogens (tertiary/aromatic N) is 1. The van der Waals surface area contributed by atoms with Crippen LogP contribution in [0, 0.1) is 10.1 Å². The lowest BCUT2D eigenvalue weighted by atomic mass is 10.1. The summed E-state index contributed by atoms with van der Waals surface area (Å²) in [6.07, 6.45) is 0. The number of hydrogen-bond donors (Lipinski definition) is 1. The number of rotatable bonds is 8. The van der Waals surface area contributed by atoms with Crippen LogP contribution in [0.5, 0.6) is 0 Å². The van der Waals surface area contributed by atoms with Crippen molar-refractivity contribution in [3.63, 3.8) is 0 Å². The third-order valence-electron chi connectivity index (χ3n) is 4.25. The fraction of sp³-hybridized carbons (Fsp3) is 0.0870. The molecule has 0 aliphatic carbocycles. The molecule has 0 fully saturated rings. The van der Waals surface area contributed by atoms with E-state index >= 15 is 0 Å². The van der Waals surface area contributed by atoms with Gasteiger partial charge in [-0.1, -0.05) is 42.1 Å². The number of benzene rings is 3. The standard InChI is InChI=1S/C23H18N2O7S/c1-31-22(27)15-11-16(13-17(12-15)25(29)30)23(28)32-14-21(26)24-19-9-5-6-10-20(19)33-18-7-3-2-4-8-18/h2-13H,14H2,1H3,(H,24,26). The van der Waals surface area contributed by atoms with Gasteiger partial charge in [-0.3, -0.25) is 14.9 Å². The highest BCUT2D eigenvalue weighted by Gasteiger charge is 2.20. The molecule has 0 radical (unpaired) electrons. The molecule has 0 unspecified atom stereocenters. The Balaban J connectivity index is 1.67. The summed E-state index contributed by atoms with van der Waals surface area (Å²) in [6, 6.07) is 19.8. The van der Waals surface area contributed by atoms with Gasteiger partial charge in [0.25, 0.3) is 11.6 Å². The Morgan fingerprint density at radius 3 is 2.24 bits per heavy atom. The number of methoxy groups -OCH3 is 1. The molecule has 0 heterocycles. The van der Waals surface area contributed by atoms with Gasteiger partial charge in [-0.25, -0.2) is 9.59 Å². The van der Waals surface area contributed by atoms with Crippen LogP contribution in [0.4, 0.5) is 11.4 Å². The van der Waals surface area contributed by atoms with Gasteiger partial charge in [0.15, 0.2) is 6.61 Å². The molecule has 0 aliphatic rings. The van der Waals surface area contributed by atoms with E-state index in [1.807, 2.05) is 42.5 Å². The number of nitro benzene ring substituents is 1. The summed E-state index contributed by atoms with van der Waals surface area (Å²) in [7, 11) is 1.11. The van der Waals surface area contributed by atoms with Crippen LogP contribution in [0.15, 0.2) is 82.6 Å². The number of ether oxygens (including phenoxy) is 2. The van der Waals surface area contributed by atoms with Crippen molar-refractivity contribution in [2.24, 2.45) is 0 Å². The average molecular weight is 466 g/mol. The molecule has 3 rings (SSSR count). The Morgan fingerprint density at radius 2 is 1.58 bits per heavy atom. The van der Waals surface area contributed by atoms with Crippen LogP contribution in [0.3, 0.4) is 0 Å². The molecule has 0 aromatic heterocycles. The second-order valence-corrected chi connectivity index (χ2v) is 7.67. The second-order valence-electron chi connectivity index (χ2n) is 6.55. The number of para-hydroxylation sites is 1. The summed E-state index contributed by atoms with van der Waals surface area (Å²) in [6.45, 7) is -0.626. The quantitative estimate of drug-likeness (QED) is 0.295. The molecule has 3 aromatic rings. The number of hydrogen-bond acceptors (Lipinski definition) is 8. The van der Waals surface area contributed by atoms with Crippen molar-refractivity contribution < 1.29 is 28.8 Å². The number of anilines is 1. The predicted octanol–water partition coefficient (Wildman–Crippen LogP) is 4.33. The van der Waals surface area contributed by atoms with E-state index in [0.717, 1.165) is 35.1 Å². The summed E-state index contributed by atoms with van der Waals surface area (Å²) in [5.41, 5.74) is -0.385. The highest BCUT2D eigenvalue weighted by atomic mass is 32.2. The highest BCUT2D eigenvalue weighted by Crippen LogP contribution is 2.33. The van der Waals surface area contributed by atoms with E-state index in [4.69, 9.17) is 4.74 Å². The molecule has 3 aromatic carbocycles. The molecule has 10 heteroatoms. The first-order valence-electron chi connectivity index (χ1n) is 9.54. The third kappa shape index (κ3) is 6.40. The van der Waals surface area contributed by atoms with Crippen LogP contribution in [0.25, 0.3) is 0 Å². The zero-order valence-corrected chi connectivity index (χ0v) is 18.2. The Hall–Kier alpha value is -4.18. The molecule has 0 aliphatic heterocycles. The minimum absolute atomic E-state index is 0.185. The zero-order chi connectivity index (χ0) is 23.8. The number of nitro groups is 1. The molecule has 0 spiro atoms. The first kappa shape index (κ1) is 23.5. The minimum Gasteiger partial charge on any atom is -0.465 e. The van der Waals surface area contributed by atoms with E-state index in [0.29, 0.717) is 5.69 Å². The van der Waals surface area contributed by atoms with Crippen LogP contribution in [0.1, 0.15) is 20.7 Å². The van der Waals surface area contributed by atoms with Gasteiger partial charge in [0.05, 0.1) is 28.8 Å². The number of carbonyl (C=O) groups excluding carboxylic acids is 3. The molecule has 1 N–H and O–H groups in total. The van der Waals surface area contributed by atoms with Crippen molar-refractivity contribution in [2.75, 3.05) is 19.0 Å². The minimum atomic E-state index is -0.994. The van der Waals surface area contributed by atoms with Crippen molar-refractivity contribution in [3.8, 4) is 0 Å². The number of carbonyl (C=O) groups is 3. The maximum absolute atomic E-state index is 12.4. The van der Waals surface area contributed by atoms with Crippen LogP contribution in [-0.4, -0.2) is 36.5 Å². The Kier molecular flexibility index (Phi) is 7.77. The van der Waals surface area contributed by atoms with Gasteiger partial charge in [0, 0.05) is 21.9 Å². The molecule has 0 saturated carbocycles. The summed E-state index contributed by atoms with van der Waals surface area (Å²) in [4.78, 5) is 48.6. The molecule has 1 amide bonds. The summed E-state index contributed by atoms with van der Waals surface area (Å²) in [5, 5.41) is 13.8. The molecule has 33 heavy (non-hydrogen) atoms. The van der Waals surface area contributed by atoms with Crippen molar-refractivity contribution in [3.05, 3.63) is 94.0 Å². The Labute approximate surface area is 192 Å². The maximum atomic E-state index is 12.4. The van der Waals surface area contributed by atoms with Gasteiger partial charge in [-0.15, -0.1) is 0 Å². The van der Waals surface area contributed by atoms with E-state index in [9.17, 15) is 24.5 Å². The lowest BCUT2D eigenvalue weighted by molar-refractivity contribution is -0.384. The smallest absolute Gasteiger partial charge is 0.338 e. The van der Waals surface area contributed by atoms with Crippen LogP contribution in [0.2, 0.25) is 0 Å². The van der Waals surface area contributed by atoms with Gasteiger partial charge in [0.1, 0.15) is 0 Å². The fourth-order valence-electron chi connectivity index (χ4n) is 2.75. The van der Waals surface area contributed by atoms with Gasteiger partial charge < -0.3 is 14.8 Å². The summed E-state index contributed by atoms with van der Waals surface area (Å²) < 4.78 is 9.54. The third-order valence-corrected chi connectivity index (χ3v) is 5.34. The summed E-state index contributed by atoms with van der Waals surface area (Å²) in [5.74, 6) is -2.44. The lowest BCUT2D eigenvalue weighted by Gasteiger charge is -2.11. The normalized spacial score (nSPS) is 10.2. The molecular weight excluding hydrogens is 448 g/mol. The van der Waals surface area contributed by atoms with Crippen molar-refractivity contribution >= 4 is 41.0 Å². The maximum Gasteiger partial charge on any atom is 0.338 e. The summed E-state index contributed by atoms with van der Waals surface area (Å²) >= 11 is 1.46. The first-order chi connectivity index (χ1) is 15.9. The molecule has 0 bridgehead atoms. The number of amides is 1. The van der Waals surface area contributed by atoms with E-state index in [1.54, 1.807) is 12.1 Å². The van der Waals surface area contributed by atoms with E-state index in [-0.39, 0.29) is 11.1 Å². The number of non-ortho nitro benzene ring substituents is 1. The molecular formula is C23H18N2O7S. The zero-order valence-electron chi connectivity index (χ0n) is 17.3. The van der Waals surface area contributed by atoms with Gasteiger partial charge in [0.2, 0.25) is 0 Å². The SMILES string of the molecule is COC(=O)c1cc(C(=O)OCC(=O)Nc2ccccc2Sc2ccccc2)cc([N+](=O)[O-])c1. The molecule has 168 valence electrons. The second kappa shape index (κ2) is 10.9. The van der Waals surface area contributed by atoms with Crippen molar-refractivity contribution in [1.82, 2.24) is 0 Å². The first-order valence-corrected chi connectivity index (χ1v) is 10.4. The van der Waals surface area contributed by atoms with E-state index < -0.39 is 35.1 Å². The Morgan fingerprint density at radius 1 is 0.939 bits per heavy atom. The largest absolute Gasteiger partial charge is 0.465 e. The van der Waals surface area contributed by atoms with Crippen LogP contribution >= 0.6 is 11.8 Å².